The molecule has 0 bridgehead atoms. The molecule has 49 heavy (non-hydrogen) atoms. The van der Waals surface area contributed by atoms with Gasteiger partial charge in [-0.1, -0.05) is 12.1 Å². The summed E-state index contributed by atoms with van der Waals surface area (Å²) in [5, 5.41) is 4.42. The lowest BCUT2D eigenvalue weighted by Gasteiger charge is -2.41. The third-order valence-electron chi connectivity index (χ3n) is 9.47. The van der Waals surface area contributed by atoms with Gasteiger partial charge in [-0.05, 0) is 85.0 Å². The molecule has 2 fully saturated rings. The maximum absolute atomic E-state index is 14.1. The monoisotopic (exact) mass is 673 g/mol. The summed E-state index contributed by atoms with van der Waals surface area (Å²) in [7, 11) is 0. The summed E-state index contributed by atoms with van der Waals surface area (Å²) in [6.07, 6.45) is 2.89. The van der Waals surface area contributed by atoms with Gasteiger partial charge in [-0.3, -0.25) is 9.69 Å². The fourth-order valence-corrected chi connectivity index (χ4v) is 6.92. The maximum atomic E-state index is 14.1. The molecule has 0 spiro atoms. The Morgan fingerprint density at radius 3 is 2.53 bits per heavy atom. The lowest BCUT2D eigenvalue weighted by atomic mass is 10.00. The molecule has 3 heterocycles. The number of anilines is 2. The highest BCUT2D eigenvalue weighted by Gasteiger charge is 2.30. The molecule has 0 amide bonds. The van der Waals surface area contributed by atoms with Gasteiger partial charge in [0.05, 0.1) is 36.3 Å². The van der Waals surface area contributed by atoms with E-state index in [1.165, 1.54) is 16.9 Å². The Labute approximate surface area is 282 Å². The van der Waals surface area contributed by atoms with E-state index in [2.05, 4.69) is 14.9 Å². The molecule has 1 aromatic heterocycles. The molecule has 0 unspecified atom stereocenters. The van der Waals surface area contributed by atoms with E-state index < -0.39 is 18.8 Å². The Kier molecular flexibility index (Phi) is 9.33. The molecular weight excluding hydrogens is 635 g/mol. The summed E-state index contributed by atoms with van der Waals surface area (Å²) < 4.78 is 58.9. The molecule has 0 atom stereocenters. The minimum atomic E-state index is -2.61. The van der Waals surface area contributed by atoms with Crippen molar-refractivity contribution in [2.24, 2.45) is 0 Å². The minimum absolute atomic E-state index is 0.111. The smallest absolute Gasteiger partial charge is 0.272 e. The molecule has 0 radical (unpaired) electrons. The number of nitrogens with zero attached hydrogens (tertiary/aromatic N) is 4. The number of carbonyl (C=O) groups excluding carboxylic acids is 1. The van der Waals surface area contributed by atoms with Crippen molar-refractivity contribution in [3.63, 3.8) is 0 Å². The van der Waals surface area contributed by atoms with E-state index >= 15 is 0 Å². The molecule has 0 saturated carbocycles. The number of fused-ring (bicyclic) bond motifs is 1. The number of aryl methyl sites for hydroxylation is 1. The van der Waals surface area contributed by atoms with Crippen molar-refractivity contribution in [3.8, 4) is 22.9 Å². The third kappa shape index (κ3) is 6.88. The Balaban J connectivity index is 1.08. The number of rotatable bonds is 10. The molecular formula is C37H38F3N5O4. The zero-order chi connectivity index (χ0) is 34.1. The molecule has 9 nitrogen and oxygen atoms in total. The van der Waals surface area contributed by atoms with Gasteiger partial charge in [0.1, 0.15) is 23.9 Å². The SMILES string of the molecule is Cc1cc(Oc2ccccc2F)ccc1-n1ncc(C(=O)C2=Cc3cc(OCC(F)F)c(N4CCC(N5CCOCC5)CC4)cc3C2)c1N. The molecule has 3 aromatic carbocycles. The van der Waals surface area contributed by atoms with Gasteiger partial charge < -0.3 is 24.8 Å². The predicted molar refractivity (Wildman–Crippen MR) is 181 cm³/mol. The van der Waals surface area contributed by atoms with E-state index in [0.717, 1.165) is 74.6 Å². The van der Waals surface area contributed by atoms with Gasteiger partial charge in [0, 0.05) is 44.2 Å². The normalized spacial score (nSPS) is 16.9. The Morgan fingerprint density at radius 2 is 1.80 bits per heavy atom. The number of alkyl halides is 2. The van der Waals surface area contributed by atoms with E-state index in [9.17, 15) is 18.0 Å². The van der Waals surface area contributed by atoms with Crippen LogP contribution in [0.3, 0.4) is 0 Å². The van der Waals surface area contributed by atoms with Crippen LogP contribution in [0.2, 0.25) is 0 Å². The number of allylic oxidation sites excluding steroid dienone is 1. The summed E-state index contributed by atoms with van der Waals surface area (Å²) >= 11 is 0. The van der Waals surface area contributed by atoms with Crippen molar-refractivity contribution in [1.29, 1.82) is 0 Å². The van der Waals surface area contributed by atoms with Crippen LogP contribution in [0.4, 0.5) is 24.7 Å². The third-order valence-corrected chi connectivity index (χ3v) is 9.47. The average Bonchev–Trinajstić information content (AvgIpc) is 3.71. The maximum Gasteiger partial charge on any atom is 0.272 e. The fourth-order valence-electron chi connectivity index (χ4n) is 6.92. The molecule has 2 saturated heterocycles. The molecule has 12 heteroatoms. The van der Waals surface area contributed by atoms with E-state index in [0.29, 0.717) is 35.2 Å². The van der Waals surface area contributed by atoms with Crippen LogP contribution in [0, 0.1) is 12.7 Å². The average molecular weight is 674 g/mol. The first kappa shape index (κ1) is 32.7. The number of morpholine rings is 1. The Bertz CT molecular complexity index is 1880. The molecule has 7 rings (SSSR count). The number of nitrogen functional groups attached to an aromatic ring is 1. The number of aromatic nitrogens is 2. The van der Waals surface area contributed by atoms with Crippen LogP contribution in [0.25, 0.3) is 11.8 Å². The van der Waals surface area contributed by atoms with Crippen molar-refractivity contribution in [1.82, 2.24) is 14.7 Å². The molecule has 2 aliphatic heterocycles. The Hall–Kier alpha value is -4.81. The van der Waals surface area contributed by atoms with Gasteiger partial charge in [-0.2, -0.15) is 5.10 Å². The number of nitrogens with two attached hydrogens (primary N) is 1. The highest BCUT2D eigenvalue weighted by molar-refractivity contribution is 6.15. The second kappa shape index (κ2) is 14.0. The lowest BCUT2D eigenvalue weighted by Crippen LogP contribution is -2.49. The summed E-state index contributed by atoms with van der Waals surface area (Å²) in [5.41, 5.74) is 11.1. The van der Waals surface area contributed by atoms with E-state index in [1.54, 1.807) is 48.5 Å². The number of hydrogen-bond acceptors (Lipinski definition) is 8. The fraction of sp³-hybridized carbons (Fsp3) is 0.351. The number of piperidine rings is 1. The van der Waals surface area contributed by atoms with Crippen LogP contribution in [0.1, 0.15) is 39.9 Å². The van der Waals surface area contributed by atoms with Gasteiger partial charge in [0.15, 0.2) is 17.3 Å². The van der Waals surface area contributed by atoms with Crippen LogP contribution >= 0.6 is 0 Å². The first-order chi connectivity index (χ1) is 23.7. The van der Waals surface area contributed by atoms with Gasteiger partial charge in [0.25, 0.3) is 6.43 Å². The number of Topliss-reactive ketones (excluding diaryl/α,β-unsaturated/α-hetero) is 1. The van der Waals surface area contributed by atoms with Crippen molar-refractivity contribution < 1.29 is 32.2 Å². The van der Waals surface area contributed by atoms with E-state index in [-0.39, 0.29) is 22.9 Å². The van der Waals surface area contributed by atoms with Crippen molar-refractivity contribution >= 4 is 23.4 Å². The molecule has 256 valence electrons. The number of benzene rings is 3. The summed E-state index contributed by atoms with van der Waals surface area (Å²) in [6, 6.07) is 15.5. The molecule has 4 aromatic rings. The highest BCUT2D eigenvalue weighted by Crippen LogP contribution is 2.40. The van der Waals surface area contributed by atoms with Crippen molar-refractivity contribution in [2.75, 3.05) is 56.6 Å². The minimum Gasteiger partial charge on any atom is -0.485 e. The van der Waals surface area contributed by atoms with E-state index in [1.807, 2.05) is 13.0 Å². The van der Waals surface area contributed by atoms with Gasteiger partial charge in [-0.25, -0.2) is 17.9 Å². The molecule has 3 aliphatic rings. The second-order valence-corrected chi connectivity index (χ2v) is 12.6. The molecule has 2 N–H and O–H groups in total. The lowest BCUT2D eigenvalue weighted by molar-refractivity contribution is 0.0114. The summed E-state index contributed by atoms with van der Waals surface area (Å²) in [5.74, 6) is 0.390. The number of para-hydroxylation sites is 1. The topological polar surface area (TPSA) is 95.1 Å². The number of carbonyl (C=O) groups is 1. The number of ketones is 1. The predicted octanol–water partition coefficient (Wildman–Crippen LogP) is 6.46. The van der Waals surface area contributed by atoms with Crippen LogP contribution in [-0.4, -0.2) is 78.9 Å². The quantitative estimate of drug-likeness (QED) is 0.192. The van der Waals surface area contributed by atoms with Gasteiger partial charge in [-0.15, -0.1) is 0 Å². The Morgan fingerprint density at radius 1 is 1.02 bits per heavy atom. The summed E-state index contributed by atoms with van der Waals surface area (Å²) in [4.78, 5) is 18.5. The van der Waals surface area contributed by atoms with Gasteiger partial charge >= 0.3 is 0 Å². The van der Waals surface area contributed by atoms with Crippen molar-refractivity contribution in [3.05, 3.63) is 94.4 Å². The van der Waals surface area contributed by atoms with E-state index in [4.69, 9.17) is 19.9 Å². The second-order valence-electron chi connectivity index (χ2n) is 12.6. The van der Waals surface area contributed by atoms with Crippen LogP contribution in [-0.2, 0) is 11.2 Å². The number of ether oxygens (including phenoxy) is 3. The van der Waals surface area contributed by atoms with Crippen LogP contribution in [0.15, 0.2) is 66.4 Å². The standard InChI is InChI=1S/C37H38F3N5O4/c1-23-16-28(49-33-5-3-2-4-30(33)38)6-7-31(23)45-37(41)29(21-42-45)36(46)26-17-24-19-32(34(20-25(24)18-26)48-22-35(39)40)44-10-8-27(9-11-44)43-12-14-47-15-13-43/h2-7,16,18-21,27,35H,8-15,17,22,41H2,1H3. The number of hydrogen-bond donors (Lipinski definition) is 1. The summed E-state index contributed by atoms with van der Waals surface area (Å²) in [6.45, 7) is 6.03. The largest absolute Gasteiger partial charge is 0.485 e. The van der Waals surface area contributed by atoms with Gasteiger partial charge in [0.2, 0.25) is 0 Å². The zero-order valence-electron chi connectivity index (χ0n) is 27.2. The van der Waals surface area contributed by atoms with Crippen LogP contribution < -0.4 is 20.1 Å². The number of halogens is 3. The first-order valence-corrected chi connectivity index (χ1v) is 16.5. The zero-order valence-corrected chi connectivity index (χ0v) is 27.2. The molecule has 1 aliphatic carbocycles. The van der Waals surface area contributed by atoms with Crippen molar-refractivity contribution in [2.45, 2.75) is 38.7 Å². The van der Waals surface area contributed by atoms with Crippen LogP contribution in [0.5, 0.6) is 17.2 Å². The first-order valence-electron chi connectivity index (χ1n) is 16.5. The highest BCUT2D eigenvalue weighted by atomic mass is 19.3.